The molecule has 1 aromatic carbocycles. The van der Waals surface area contributed by atoms with Gasteiger partial charge in [0.1, 0.15) is 0 Å². The van der Waals surface area contributed by atoms with E-state index in [1.165, 1.54) is 0 Å². The Morgan fingerprint density at radius 3 is 2.39 bits per heavy atom. The number of benzene rings is 1. The summed E-state index contributed by atoms with van der Waals surface area (Å²) >= 11 is 0. The lowest BCUT2D eigenvalue weighted by molar-refractivity contribution is -0.0594. The van der Waals surface area contributed by atoms with Crippen LogP contribution >= 0.6 is 0 Å². The number of nitrogens with zero attached hydrogens (tertiary/aromatic N) is 1. The average molecular weight is 245 g/mol. The minimum atomic E-state index is -0.732. The number of allylic oxidation sites excluding steroid dienone is 2. The monoisotopic (exact) mass is 245 g/mol. The number of hydroxylamine groups is 1. The standard InChI is InChI=1S/C13H15N3O2/c1-8-2-4-9-6-11(13(17)16(15)18)12(14)7-10(9)5-3-8/h2-8,18H,14-15H2,1H3. The number of anilines is 1. The number of carbonyl (C=O) groups is 1. The minimum absolute atomic E-state index is 0.0387. The molecule has 0 saturated carbocycles. The Morgan fingerprint density at radius 1 is 1.28 bits per heavy atom. The summed E-state index contributed by atoms with van der Waals surface area (Å²) in [6, 6.07) is 3.33. The van der Waals surface area contributed by atoms with Crippen LogP contribution in [0.5, 0.6) is 0 Å². The van der Waals surface area contributed by atoms with Gasteiger partial charge >= 0.3 is 0 Å². The summed E-state index contributed by atoms with van der Waals surface area (Å²) < 4.78 is 0. The summed E-state index contributed by atoms with van der Waals surface area (Å²) in [5.74, 6) is 4.61. The maximum absolute atomic E-state index is 11.6. The van der Waals surface area contributed by atoms with Crippen molar-refractivity contribution in [3.8, 4) is 0 Å². The maximum Gasteiger partial charge on any atom is 0.294 e. The molecular weight excluding hydrogens is 230 g/mol. The van der Waals surface area contributed by atoms with Crippen LogP contribution in [0.15, 0.2) is 24.3 Å². The molecule has 1 aliphatic carbocycles. The Labute approximate surface area is 105 Å². The summed E-state index contributed by atoms with van der Waals surface area (Å²) in [5.41, 5.74) is 8.08. The van der Waals surface area contributed by atoms with Crippen molar-refractivity contribution < 1.29 is 10.0 Å². The molecule has 0 heterocycles. The SMILES string of the molecule is CC1C=Cc2cc(N)c(C(=O)N(N)O)cc2C=C1. The summed E-state index contributed by atoms with van der Waals surface area (Å²) in [6.07, 6.45) is 7.95. The first-order valence-electron chi connectivity index (χ1n) is 5.57. The molecule has 2 rings (SSSR count). The molecule has 94 valence electrons. The van der Waals surface area contributed by atoms with Crippen LogP contribution in [0.1, 0.15) is 28.4 Å². The van der Waals surface area contributed by atoms with E-state index in [2.05, 4.69) is 6.92 Å². The van der Waals surface area contributed by atoms with Gasteiger partial charge in [-0.1, -0.05) is 31.2 Å². The Bertz CT molecular complexity index is 547. The van der Waals surface area contributed by atoms with Crippen molar-refractivity contribution in [2.45, 2.75) is 6.92 Å². The second kappa shape index (κ2) is 4.64. The summed E-state index contributed by atoms with van der Waals surface area (Å²) in [4.78, 5) is 11.6. The molecule has 1 aliphatic rings. The van der Waals surface area contributed by atoms with Crippen LogP contribution in [0.2, 0.25) is 0 Å². The molecule has 1 amide bonds. The Kier molecular flexibility index (Phi) is 3.18. The van der Waals surface area contributed by atoms with E-state index >= 15 is 0 Å². The van der Waals surface area contributed by atoms with Crippen LogP contribution in [0.25, 0.3) is 12.2 Å². The topological polar surface area (TPSA) is 92.6 Å². The van der Waals surface area contributed by atoms with Crippen LogP contribution in [0.3, 0.4) is 0 Å². The van der Waals surface area contributed by atoms with Gasteiger partial charge in [-0.25, -0.2) is 5.84 Å². The fourth-order valence-corrected chi connectivity index (χ4v) is 1.82. The fraction of sp³-hybridized carbons (Fsp3) is 0.154. The van der Waals surface area contributed by atoms with Crippen LogP contribution in [-0.4, -0.2) is 16.3 Å². The number of amides is 1. The fourth-order valence-electron chi connectivity index (χ4n) is 1.82. The maximum atomic E-state index is 11.6. The van der Waals surface area contributed by atoms with Gasteiger partial charge in [-0.15, -0.1) is 5.17 Å². The minimum Gasteiger partial charge on any atom is -0.398 e. The van der Waals surface area contributed by atoms with Gasteiger partial charge < -0.3 is 5.73 Å². The van der Waals surface area contributed by atoms with Gasteiger partial charge in [0.25, 0.3) is 5.91 Å². The molecule has 0 bridgehead atoms. The normalized spacial score (nSPS) is 17.2. The third-order valence-electron chi connectivity index (χ3n) is 2.85. The molecule has 0 aromatic heterocycles. The van der Waals surface area contributed by atoms with E-state index < -0.39 is 5.91 Å². The molecule has 18 heavy (non-hydrogen) atoms. The molecule has 1 unspecified atom stereocenters. The van der Waals surface area contributed by atoms with Gasteiger partial charge in [0, 0.05) is 5.69 Å². The van der Waals surface area contributed by atoms with E-state index in [0.717, 1.165) is 11.1 Å². The van der Waals surface area contributed by atoms with Gasteiger partial charge in [-0.3, -0.25) is 10.0 Å². The molecule has 0 fully saturated rings. The number of fused-ring (bicyclic) bond motifs is 1. The Morgan fingerprint density at radius 2 is 1.83 bits per heavy atom. The average Bonchev–Trinajstić information content (AvgIpc) is 2.50. The lowest BCUT2D eigenvalue weighted by Gasteiger charge is -2.12. The van der Waals surface area contributed by atoms with Gasteiger partial charge in [-0.05, 0) is 29.2 Å². The second-order valence-corrected chi connectivity index (χ2v) is 4.30. The molecule has 0 aliphatic heterocycles. The van der Waals surface area contributed by atoms with Crippen LogP contribution in [0.4, 0.5) is 5.69 Å². The predicted molar refractivity (Wildman–Crippen MR) is 70.2 cm³/mol. The van der Waals surface area contributed by atoms with Gasteiger partial charge in [0.05, 0.1) is 5.56 Å². The van der Waals surface area contributed by atoms with Crippen molar-refractivity contribution >= 4 is 23.7 Å². The summed E-state index contributed by atoms with van der Waals surface area (Å²) in [7, 11) is 0. The molecule has 0 spiro atoms. The van der Waals surface area contributed by atoms with Crippen molar-refractivity contribution in [3.05, 3.63) is 41.0 Å². The van der Waals surface area contributed by atoms with Crippen molar-refractivity contribution in [2.75, 3.05) is 5.73 Å². The molecule has 0 radical (unpaired) electrons. The Balaban J connectivity index is 2.53. The van der Waals surface area contributed by atoms with E-state index in [1.54, 1.807) is 12.1 Å². The lowest BCUT2D eigenvalue weighted by Crippen LogP contribution is -2.34. The zero-order valence-electron chi connectivity index (χ0n) is 10.00. The lowest BCUT2D eigenvalue weighted by atomic mass is 10.0. The summed E-state index contributed by atoms with van der Waals surface area (Å²) in [6.45, 7) is 2.06. The van der Waals surface area contributed by atoms with Crippen LogP contribution in [0, 0.1) is 5.92 Å². The van der Waals surface area contributed by atoms with E-state index in [1.807, 2.05) is 24.3 Å². The molecule has 5 N–H and O–H groups in total. The molecule has 5 nitrogen and oxygen atoms in total. The first-order chi connectivity index (χ1) is 8.49. The van der Waals surface area contributed by atoms with E-state index in [4.69, 9.17) is 16.8 Å². The summed E-state index contributed by atoms with van der Waals surface area (Å²) in [5, 5.41) is 9.01. The number of carbonyl (C=O) groups excluding carboxylic acids is 1. The molecule has 0 saturated heterocycles. The van der Waals surface area contributed by atoms with E-state index in [0.29, 0.717) is 5.92 Å². The quantitative estimate of drug-likeness (QED) is 0.230. The molecular formula is C13H15N3O2. The number of hydrogen-bond donors (Lipinski definition) is 3. The smallest absolute Gasteiger partial charge is 0.294 e. The first kappa shape index (κ1) is 12.3. The number of hydrazine groups is 1. The zero-order valence-corrected chi connectivity index (χ0v) is 10.00. The van der Waals surface area contributed by atoms with E-state index in [9.17, 15) is 4.79 Å². The number of rotatable bonds is 1. The largest absolute Gasteiger partial charge is 0.398 e. The highest BCUT2D eigenvalue weighted by atomic mass is 16.5. The molecule has 1 aromatic rings. The second-order valence-electron chi connectivity index (χ2n) is 4.30. The molecule has 5 heteroatoms. The van der Waals surface area contributed by atoms with E-state index in [-0.39, 0.29) is 16.4 Å². The van der Waals surface area contributed by atoms with Gasteiger partial charge in [-0.2, -0.15) is 0 Å². The van der Waals surface area contributed by atoms with Gasteiger partial charge in [0.15, 0.2) is 0 Å². The van der Waals surface area contributed by atoms with Crippen LogP contribution in [-0.2, 0) is 0 Å². The highest BCUT2D eigenvalue weighted by Gasteiger charge is 2.16. The highest BCUT2D eigenvalue weighted by molar-refractivity contribution is 5.99. The zero-order chi connectivity index (χ0) is 13.3. The van der Waals surface area contributed by atoms with Gasteiger partial charge in [0.2, 0.25) is 0 Å². The number of nitrogens with two attached hydrogens (primary N) is 2. The number of nitrogen functional groups attached to an aromatic ring is 1. The predicted octanol–water partition coefficient (Wildman–Crippen LogP) is 1.65. The van der Waals surface area contributed by atoms with Crippen molar-refractivity contribution in [3.63, 3.8) is 0 Å². The Hall–Kier alpha value is -2.11. The third kappa shape index (κ3) is 2.27. The molecule has 1 atom stereocenters. The van der Waals surface area contributed by atoms with Crippen molar-refractivity contribution in [1.29, 1.82) is 0 Å². The number of hydrogen-bond acceptors (Lipinski definition) is 4. The van der Waals surface area contributed by atoms with Crippen LogP contribution < -0.4 is 11.6 Å². The highest BCUT2D eigenvalue weighted by Crippen LogP contribution is 2.25. The first-order valence-corrected chi connectivity index (χ1v) is 5.57. The third-order valence-corrected chi connectivity index (χ3v) is 2.85. The van der Waals surface area contributed by atoms with Crippen molar-refractivity contribution in [1.82, 2.24) is 5.17 Å². The van der Waals surface area contributed by atoms with Crippen molar-refractivity contribution in [2.24, 2.45) is 11.8 Å².